The number of anilines is 2. The fraction of sp³-hybridized carbons (Fsp3) is 0.524. The maximum Gasteiger partial charge on any atom is 0.472 e. The Bertz CT molecular complexity index is 2000. The molecule has 3 aliphatic rings. The third kappa shape index (κ3) is 5.61. The van der Waals surface area contributed by atoms with Gasteiger partial charge < -0.3 is 50.6 Å². The predicted molar refractivity (Wildman–Crippen MR) is 149 cm³/mol. The number of aliphatic hydroxyl groups is 2. The number of nitrogens with zero attached hydrogens (tertiary/aromatic N) is 7. The van der Waals surface area contributed by atoms with Crippen molar-refractivity contribution in [2.45, 2.75) is 48.6 Å². The third-order valence-electron chi connectivity index (χ3n) is 7.82. The van der Waals surface area contributed by atoms with E-state index in [1.807, 2.05) is 0 Å². The summed E-state index contributed by atoms with van der Waals surface area (Å²) in [6.07, 6.45) is -6.35. The summed E-state index contributed by atoms with van der Waals surface area (Å²) in [5.41, 5.74) is 9.20. The summed E-state index contributed by atoms with van der Waals surface area (Å²) >= 11 is 0. The standard InChI is InChI=1S/C21H26N10O14P2/c22-14-8-15(25-4-24-14)30(5-26-8)19-12-13(21(44-19,2-40-12)3-42-46(35,36)37)45-47(38,39)41-1-7-10(32)11(33)18(43-7)31-6-27-9-16(31)28-20(23)29-17(9)34/h4-7,10-13,18-19,32-33H,1-3H2,(H,38,39)(H2,22,24,25)(H2,35,36,37)(H3,23,28,29,34)/t7-,10?,11+,12+,13?,18-,19-,21-/m1/s1. The van der Waals surface area contributed by atoms with E-state index in [-0.39, 0.29) is 40.7 Å². The first-order chi connectivity index (χ1) is 22.2. The van der Waals surface area contributed by atoms with E-state index < -0.39 is 83.0 Å². The first-order valence-electron chi connectivity index (χ1n) is 13.5. The van der Waals surface area contributed by atoms with Gasteiger partial charge in [0.05, 0.1) is 32.5 Å². The molecule has 7 heterocycles. The molecule has 2 bridgehead atoms. The van der Waals surface area contributed by atoms with Crippen LogP contribution in [0.15, 0.2) is 23.8 Å². The van der Waals surface area contributed by atoms with Gasteiger partial charge in [0.2, 0.25) is 5.95 Å². The van der Waals surface area contributed by atoms with Gasteiger partial charge in [-0.05, 0) is 0 Å². The number of imidazole rings is 2. The number of nitrogens with two attached hydrogens (primary N) is 2. The molecule has 3 unspecified atom stereocenters. The number of phosphoric acid groups is 2. The molecule has 3 saturated heterocycles. The van der Waals surface area contributed by atoms with Crippen LogP contribution in [0, 0.1) is 0 Å². The lowest BCUT2D eigenvalue weighted by Gasteiger charge is -2.31. The molecule has 0 aromatic carbocycles. The van der Waals surface area contributed by atoms with Crippen LogP contribution in [-0.4, -0.2) is 120 Å². The van der Waals surface area contributed by atoms with Crippen LogP contribution in [0.5, 0.6) is 0 Å². The van der Waals surface area contributed by atoms with Gasteiger partial charge in [-0.3, -0.25) is 32.5 Å². The first-order valence-corrected chi connectivity index (χ1v) is 16.5. The first kappa shape index (κ1) is 32.1. The van der Waals surface area contributed by atoms with Crippen LogP contribution >= 0.6 is 15.6 Å². The van der Waals surface area contributed by atoms with Gasteiger partial charge in [-0.15, -0.1) is 0 Å². The average Bonchev–Trinajstić information content (AvgIpc) is 3.80. The Morgan fingerprint density at radius 1 is 1.00 bits per heavy atom. The summed E-state index contributed by atoms with van der Waals surface area (Å²) in [6.45, 7) is -2.01. The number of nitrogen functional groups attached to an aromatic ring is 2. The lowest BCUT2D eigenvalue weighted by molar-refractivity contribution is -0.183. The molecule has 7 rings (SSSR count). The largest absolute Gasteiger partial charge is 0.472 e. The molecule has 4 aromatic heterocycles. The molecule has 0 spiro atoms. The number of hydrogen-bond acceptors (Lipinski definition) is 18. The van der Waals surface area contributed by atoms with E-state index in [0.29, 0.717) is 0 Å². The molecule has 9 atom stereocenters. The van der Waals surface area contributed by atoms with E-state index in [2.05, 4.69) is 34.4 Å². The highest BCUT2D eigenvalue weighted by Gasteiger charge is 2.65. The van der Waals surface area contributed by atoms with E-state index in [4.69, 9.17) is 34.7 Å². The Labute approximate surface area is 260 Å². The van der Waals surface area contributed by atoms with Gasteiger partial charge in [0.15, 0.2) is 35.1 Å². The number of H-pyrrole nitrogens is 1. The number of ether oxygens (including phenoxy) is 3. The summed E-state index contributed by atoms with van der Waals surface area (Å²) in [5.74, 6) is -0.188. The van der Waals surface area contributed by atoms with Crippen LogP contribution in [-0.2, 0) is 36.9 Å². The summed E-state index contributed by atoms with van der Waals surface area (Å²) < 4.78 is 60.2. The number of fused-ring (bicyclic) bond motifs is 4. The lowest BCUT2D eigenvalue weighted by Crippen LogP contribution is -2.45. The maximum atomic E-state index is 13.3. The van der Waals surface area contributed by atoms with Crippen molar-refractivity contribution in [3.8, 4) is 0 Å². The Kier molecular flexibility index (Phi) is 7.72. The molecule has 0 radical (unpaired) electrons. The van der Waals surface area contributed by atoms with Gasteiger partial charge in [-0.25, -0.2) is 29.1 Å². The zero-order valence-corrected chi connectivity index (χ0v) is 25.3. The summed E-state index contributed by atoms with van der Waals surface area (Å²) in [5, 5.41) is 21.3. The summed E-state index contributed by atoms with van der Waals surface area (Å²) in [6, 6.07) is 0. The number of aliphatic hydroxyl groups excluding tert-OH is 2. The van der Waals surface area contributed by atoms with Gasteiger partial charge in [-0.1, -0.05) is 0 Å². The smallest absolute Gasteiger partial charge is 0.387 e. The lowest BCUT2D eigenvalue weighted by atomic mass is 10.0. The van der Waals surface area contributed by atoms with Crippen LogP contribution in [0.2, 0.25) is 0 Å². The van der Waals surface area contributed by atoms with Crippen LogP contribution in [0.4, 0.5) is 11.8 Å². The summed E-state index contributed by atoms with van der Waals surface area (Å²) in [7, 11) is -10.2. The second-order valence-electron chi connectivity index (χ2n) is 10.8. The molecule has 254 valence electrons. The van der Waals surface area contributed by atoms with E-state index in [1.165, 1.54) is 17.2 Å². The van der Waals surface area contributed by atoms with Crippen molar-refractivity contribution >= 4 is 49.7 Å². The second kappa shape index (κ2) is 11.3. The second-order valence-corrected chi connectivity index (χ2v) is 13.5. The van der Waals surface area contributed by atoms with E-state index in [0.717, 1.165) is 10.9 Å². The van der Waals surface area contributed by atoms with Crippen molar-refractivity contribution in [2.24, 2.45) is 0 Å². The topological polar surface area (TPSA) is 350 Å². The molecule has 0 aliphatic carbocycles. The number of hydrogen-bond donors (Lipinski definition) is 8. The number of aromatic nitrogens is 8. The predicted octanol–water partition coefficient (Wildman–Crippen LogP) is -2.98. The number of aromatic amines is 1. The molecule has 26 heteroatoms. The molecule has 3 aliphatic heterocycles. The van der Waals surface area contributed by atoms with Gasteiger partial charge in [-0.2, -0.15) is 4.98 Å². The normalized spacial score (nSPS) is 32.1. The molecule has 0 amide bonds. The van der Waals surface area contributed by atoms with Crippen LogP contribution in [0.3, 0.4) is 0 Å². The minimum Gasteiger partial charge on any atom is -0.387 e. The Morgan fingerprint density at radius 3 is 2.47 bits per heavy atom. The highest BCUT2D eigenvalue weighted by atomic mass is 31.2. The van der Waals surface area contributed by atoms with Crippen LogP contribution < -0.4 is 17.0 Å². The number of phosphoric ester groups is 2. The van der Waals surface area contributed by atoms with Crippen molar-refractivity contribution < 1.29 is 61.8 Å². The maximum absolute atomic E-state index is 13.3. The number of nitrogens with one attached hydrogen (secondary N) is 1. The van der Waals surface area contributed by atoms with E-state index in [1.54, 1.807) is 0 Å². The van der Waals surface area contributed by atoms with Crippen molar-refractivity contribution in [1.29, 1.82) is 0 Å². The number of rotatable bonds is 10. The van der Waals surface area contributed by atoms with Gasteiger partial charge in [0.25, 0.3) is 5.56 Å². The van der Waals surface area contributed by atoms with Crippen molar-refractivity contribution in [3.63, 3.8) is 0 Å². The Hall–Kier alpha value is -3.48. The summed E-state index contributed by atoms with van der Waals surface area (Å²) in [4.78, 5) is 63.9. The van der Waals surface area contributed by atoms with Crippen molar-refractivity contribution in [2.75, 3.05) is 31.3 Å². The molecular formula is C21H26N10O14P2. The SMILES string of the molecule is Nc1nc2c(ncn2[C@@H]2O[C@H](COP(=O)(O)OC3[C@@H]4OC[C@]3(COP(=O)(O)O)O[C@H]4n3cnc4c(N)ncnc43)C(O)[C@@H]2O)c(=O)[nH]1. The van der Waals surface area contributed by atoms with Crippen LogP contribution in [0.1, 0.15) is 12.5 Å². The highest BCUT2D eigenvalue weighted by Crippen LogP contribution is 2.56. The van der Waals surface area contributed by atoms with Gasteiger partial charge >= 0.3 is 15.6 Å². The van der Waals surface area contributed by atoms with Crippen LogP contribution in [0.25, 0.3) is 22.3 Å². The van der Waals surface area contributed by atoms with Gasteiger partial charge in [0, 0.05) is 0 Å². The van der Waals surface area contributed by atoms with Gasteiger partial charge in [0.1, 0.15) is 48.0 Å². The Morgan fingerprint density at radius 2 is 1.72 bits per heavy atom. The highest BCUT2D eigenvalue weighted by molar-refractivity contribution is 7.47. The van der Waals surface area contributed by atoms with Crippen molar-refractivity contribution in [1.82, 2.24) is 39.0 Å². The quantitative estimate of drug-likeness (QED) is 0.0763. The third-order valence-corrected chi connectivity index (χ3v) is 9.26. The fourth-order valence-electron chi connectivity index (χ4n) is 5.69. The molecule has 47 heavy (non-hydrogen) atoms. The zero-order chi connectivity index (χ0) is 33.5. The Balaban J connectivity index is 1.10. The molecule has 10 N–H and O–H groups in total. The molecule has 24 nitrogen and oxygen atoms in total. The zero-order valence-electron chi connectivity index (χ0n) is 23.5. The van der Waals surface area contributed by atoms with E-state index in [9.17, 15) is 38.8 Å². The molecule has 0 saturated carbocycles. The fourth-order valence-corrected chi connectivity index (χ4v) is 7.07. The average molecular weight is 704 g/mol. The van der Waals surface area contributed by atoms with Crippen molar-refractivity contribution in [3.05, 3.63) is 29.3 Å². The minimum atomic E-state index is -5.12. The minimum absolute atomic E-state index is 0.0531. The van der Waals surface area contributed by atoms with E-state index >= 15 is 0 Å². The monoisotopic (exact) mass is 704 g/mol. The molecule has 4 aromatic rings. The molecular weight excluding hydrogens is 678 g/mol. The molecule has 3 fully saturated rings.